The molecule has 0 bridgehead atoms. The predicted molar refractivity (Wildman–Crippen MR) is 139 cm³/mol. The largest absolute Gasteiger partial charge is 0.302 e. The number of fused-ring (bicyclic) bond motifs is 6. The van der Waals surface area contributed by atoms with Crippen LogP contribution in [0.5, 0.6) is 0 Å². The van der Waals surface area contributed by atoms with Crippen molar-refractivity contribution in [1.82, 2.24) is 14.4 Å². The number of hydrogen-bond donors (Lipinski definition) is 0. The fraction of sp³-hybridized carbons (Fsp3) is 0.0323. The number of imidazole rings is 1. The van der Waals surface area contributed by atoms with E-state index in [1.54, 1.807) is 0 Å². The van der Waals surface area contributed by atoms with Crippen molar-refractivity contribution < 1.29 is 0 Å². The van der Waals surface area contributed by atoms with E-state index in [2.05, 4.69) is 108 Å². The number of pyridine rings is 2. The highest BCUT2D eigenvalue weighted by molar-refractivity contribution is 5.95. The average Bonchev–Trinajstić information content (AvgIpc) is 3.29. The number of hydrogen-bond acceptors (Lipinski definition) is 2. The predicted octanol–water partition coefficient (Wildman–Crippen LogP) is 7.38. The highest BCUT2D eigenvalue weighted by atomic mass is 15.0. The number of rotatable bonds is 2. The van der Waals surface area contributed by atoms with Crippen molar-refractivity contribution in [3.05, 3.63) is 133 Å². The maximum Gasteiger partial charge on any atom is 0.137 e. The van der Waals surface area contributed by atoms with Crippen molar-refractivity contribution in [2.45, 2.75) is 5.92 Å². The molecule has 3 aromatic carbocycles. The lowest BCUT2D eigenvalue weighted by atomic mass is 9.77. The number of benzene rings is 3. The first-order valence-electron chi connectivity index (χ1n) is 11.5. The van der Waals surface area contributed by atoms with Crippen LogP contribution in [0, 0.1) is 0 Å². The van der Waals surface area contributed by atoms with Crippen molar-refractivity contribution >= 4 is 22.0 Å². The van der Waals surface area contributed by atoms with E-state index in [9.17, 15) is 0 Å². The molecule has 0 fully saturated rings. The molecular formula is C31H21N3. The maximum atomic E-state index is 5.02. The lowest BCUT2D eigenvalue weighted by Gasteiger charge is -2.28. The summed E-state index contributed by atoms with van der Waals surface area (Å²) in [6.07, 6.45) is 3.99. The van der Waals surface area contributed by atoms with Crippen LogP contribution >= 0.6 is 0 Å². The van der Waals surface area contributed by atoms with Crippen LogP contribution in [-0.4, -0.2) is 14.4 Å². The number of aromatic nitrogens is 3. The maximum absolute atomic E-state index is 5.02. The molecule has 0 spiro atoms. The molecule has 3 aromatic heterocycles. The highest BCUT2D eigenvalue weighted by Gasteiger charge is 2.33. The minimum atomic E-state index is 0.0248. The van der Waals surface area contributed by atoms with Crippen LogP contribution in [0.4, 0.5) is 0 Å². The van der Waals surface area contributed by atoms with E-state index in [4.69, 9.17) is 9.97 Å². The van der Waals surface area contributed by atoms with Crippen LogP contribution in [-0.2, 0) is 0 Å². The fourth-order valence-corrected chi connectivity index (χ4v) is 5.32. The van der Waals surface area contributed by atoms with Crippen molar-refractivity contribution in [1.29, 1.82) is 0 Å². The normalized spacial score (nSPS) is 14.8. The summed E-state index contributed by atoms with van der Waals surface area (Å²) in [6.45, 7) is 4.57. The van der Waals surface area contributed by atoms with Crippen LogP contribution < -0.4 is 0 Å². The second-order valence-electron chi connectivity index (χ2n) is 8.78. The van der Waals surface area contributed by atoms with Crippen LogP contribution in [0.1, 0.15) is 22.7 Å². The van der Waals surface area contributed by atoms with E-state index >= 15 is 0 Å². The van der Waals surface area contributed by atoms with Gasteiger partial charge < -0.3 is 4.40 Å². The Morgan fingerprint density at radius 2 is 1.47 bits per heavy atom. The third kappa shape index (κ3) is 2.70. The van der Waals surface area contributed by atoms with Gasteiger partial charge in [-0.1, -0.05) is 85.4 Å². The van der Waals surface area contributed by atoms with E-state index < -0.39 is 0 Å². The van der Waals surface area contributed by atoms with Crippen LogP contribution in [0.15, 0.2) is 116 Å². The van der Waals surface area contributed by atoms with E-state index in [0.717, 1.165) is 39.1 Å². The molecule has 7 rings (SSSR count). The number of allylic oxidation sites excluding steroid dienone is 1. The van der Waals surface area contributed by atoms with E-state index in [0.29, 0.717) is 0 Å². The lowest BCUT2D eigenvalue weighted by molar-refractivity contribution is 0.938. The summed E-state index contributed by atoms with van der Waals surface area (Å²) < 4.78 is 2.21. The Labute approximate surface area is 197 Å². The summed E-state index contributed by atoms with van der Waals surface area (Å²) in [5.41, 5.74) is 9.92. The summed E-state index contributed by atoms with van der Waals surface area (Å²) in [4.78, 5) is 9.72. The summed E-state index contributed by atoms with van der Waals surface area (Å²) >= 11 is 0. The van der Waals surface area contributed by atoms with Gasteiger partial charge in [0.2, 0.25) is 0 Å². The van der Waals surface area contributed by atoms with Gasteiger partial charge in [-0.25, -0.2) is 4.98 Å². The second-order valence-corrected chi connectivity index (χ2v) is 8.78. The molecule has 3 nitrogen and oxygen atoms in total. The standard InChI is InChI=1S/C31H21N3/c1-20-24-9-4-5-11-26(24)30-31(34-19-7-6-12-27(34)33-30)28(20)22-13-15-23(16-14-22)29-25-10-3-2-8-21(25)17-18-32-29/h2-19,28H,1H2. The quantitative estimate of drug-likeness (QED) is 0.284. The molecule has 0 saturated carbocycles. The van der Waals surface area contributed by atoms with E-state index in [-0.39, 0.29) is 5.92 Å². The molecule has 34 heavy (non-hydrogen) atoms. The molecule has 1 atom stereocenters. The molecule has 1 aliphatic rings. The molecule has 0 aliphatic heterocycles. The van der Waals surface area contributed by atoms with Gasteiger partial charge >= 0.3 is 0 Å². The number of nitrogens with zero attached hydrogens (tertiary/aromatic N) is 3. The van der Waals surface area contributed by atoms with Gasteiger partial charge in [-0.05, 0) is 40.3 Å². The van der Waals surface area contributed by atoms with Gasteiger partial charge in [0.25, 0.3) is 0 Å². The minimum absolute atomic E-state index is 0.0248. The third-order valence-electron chi connectivity index (χ3n) is 6.91. The molecule has 6 aromatic rings. The fourth-order valence-electron chi connectivity index (χ4n) is 5.32. The van der Waals surface area contributed by atoms with Crippen LogP contribution in [0.25, 0.3) is 44.5 Å². The SMILES string of the molecule is C=C1c2ccccc2-c2nc3ccccn3c2C1c1ccc(-c2nccc3ccccc23)cc1. The van der Waals surface area contributed by atoms with Gasteiger partial charge in [-0.15, -0.1) is 0 Å². The first-order valence-corrected chi connectivity index (χ1v) is 11.5. The molecule has 0 amide bonds. The first-order chi connectivity index (χ1) is 16.8. The monoisotopic (exact) mass is 435 g/mol. The van der Waals surface area contributed by atoms with Crippen molar-refractivity contribution in [3.8, 4) is 22.5 Å². The van der Waals surface area contributed by atoms with Crippen molar-refractivity contribution in [2.24, 2.45) is 0 Å². The van der Waals surface area contributed by atoms with E-state index in [1.165, 1.54) is 22.2 Å². The summed E-state index contributed by atoms with van der Waals surface area (Å²) in [5.74, 6) is 0.0248. The minimum Gasteiger partial charge on any atom is -0.302 e. The summed E-state index contributed by atoms with van der Waals surface area (Å²) in [7, 11) is 0. The van der Waals surface area contributed by atoms with E-state index in [1.807, 2.05) is 12.3 Å². The molecular weight excluding hydrogens is 414 g/mol. The zero-order chi connectivity index (χ0) is 22.6. The molecule has 0 saturated heterocycles. The Morgan fingerprint density at radius 3 is 2.35 bits per heavy atom. The lowest BCUT2D eigenvalue weighted by Crippen LogP contribution is -2.13. The zero-order valence-electron chi connectivity index (χ0n) is 18.5. The van der Waals surface area contributed by atoms with Gasteiger partial charge in [0.15, 0.2) is 0 Å². The molecule has 1 unspecified atom stereocenters. The third-order valence-corrected chi connectivity index (χ3v) is 6.91. The molecule has 3 heterocycles. The Bertz CT molecular complexity index is 1720. The summed E-state index contributed by atoms with van der Waals surface area (Å²) in [6, 6.07) is 33.9. The molecule has 0 N–H and O–H groups in total. The molecule has 0 radical (unpaired) electrons. The van der Waals surface area contributed by atoms with Gasteiger partial charge in [-0.2, -0.15) is 0 Å². The Morgan fingerprint density at radius 1 is 0.706 bits per heavy atom. The zero-order valence-corrected chi connectivity index (χ0v) is 18.5. The van der Waals surface area contributed by atoms with Gasteiger partial charge in [-0.3, -0.25) is 4.98 Å². The van der Waals surface area contributed by atoms with Gasteiger partial charge in [0.05, 0.1) is 23.0 Å². The Kier molecular flexibility index (Phi) is 4.06. The average molecular weight is 436 g/mol. The van der Waals surface area contributed by atoms with Crippen molar-refractivity contribution in [2.75, 3.05) is 0 Å². The van der Waals surface area contributed by atoms with Gasteiger partial charge in [0.1, 0.15) is 5.65 Å². The molecule has 3 heteroatoms. The van der Waals surface area contributed by atoms with Crippen LogP contribution in [0.3, 0.4) is 0 Å². The highest BCUT2D eigenvalue weighted by Crippen LogP contribution is 2.48. The second kappa shape index (κ2) is 7.26. The summed E-state index contributed by atoms with van der Waals surface area (Å²) in [5, 5.41) is 2.36. The Hall–Kier alpha value is -4.50. The van der Waals surface area contributed by atoms with Crippen molar-refractivity contribution in [3.63, 3.8) is 0 Å². The smallest absolute Gasteiger partial charge is 0.137 e. The molecule has 160 valence electrons. The van der Waals surface area contributed by atoms with Gasteiger partial charge in [0, 0.05) is 28.9 Å². The topological polar surface area (TPSA) is 30.2 Å². The van der Waals surface area contributed by atoms with Crippen LogP contribution in [0.2, 0.25) is 0 Å². The first kappa shape index (κ1) is 19.0. The Balaban J connectivity index is 1.40. The molecule has 1 aliphatic carbocycles.